The van der Waals surface area contributed by atoms with E-state index in [0.29, 0.717) is 13.1 Å². The van der Waals surface area contributed by atoms with E-state index in [2.05, 4.69) is 29.0 Å². The van der Waals surface area contributed by atoms with Gasteiger partial charge < -0.3 is 15.3 Å². The third kappa shape index (κ3) is 4.59. The van der Waals surface area contributed by atoms with Gasteiger partial charge in [-0.1, -0.05) is 19.9 Å². The number of likely N-dealkylation sites (N-methyl/N-ethyl adjacent to an activating group) is 1. The van der Waals surface area contributed by atoms with Crippen LogP contribution in [0.3, 0.4) is 0 Å². The molecule has 4 nitrogen and oxygen atoms in total. The molecule has 0 aliphatic carbocycles. The SMILES string of the molecule is CCN(CC)CC(O)CNc1ccccn1. The second-order valence-corrected chi connectivity index (χ2v) is 3.74. The molecule has 4 heteroatoms. The van der Waals surface area contributed by atoms with Gasteiger partial charge >= 0.3 is 0 Å². The van der Waals surface area contributed by atoms with Gasteiger partial charge in [0, 0.05) is 19.3 Å². The standard InChI is InChI=1S/C12H21N3O/c1-3-15(4-2)10-11(16)9-14-12-7-5-6-8-13-12/h5-8,11,16H,3-4,9-10H2,1-2H3,(H,13,14). The topological polar surface area (TPSA) is 48.4 Å². The van der Waals surface area contributed by atoms with E-state index >= 15 is 0 Å². The first-order chi connectivity index (χ1) is 7.76. The van der Waals surface area contributed by atoms with Gasteiger partial charge in [-0.15, -0.1) is 0 Å². The van der Waals surface area contributed by atoms with Crippen molar-refractivity contribution in [1.29, 1.82) is 0 Å². The van der Waals surface area contributed by atoms with Gasteiger partial charge in [0.05, 0.1) is 6.10 Å². The molecule has 0 bridgehead atoms. The zero-order chi connectivity index (χ0) is 11.8. The Morgan fingerprint density at radius 3 is 2.69 bits per heavy atom. The number of hydrogen-bond acceptors (Lipinski definition) is 4. The number of hydrogen-bond donors (Lipinski definition) is 2. The predicted octanol–water partition coefficient (Wildman–Crippen LogP) is 1.20. The van der Waals surface area contributed by atoms with Crippen LogP contribution in [-0.2, 0) is 0 Å². The monoisotopic (exact) mass is 223 g/mol. The Labute approximate surface area is 97.3 Å². The fourth-order valence-corrected chi connectivity index (χ4v) is 1.53. The second-order valence-electron chi connectivity index (χ2n) is 3.74. The van der Waals surface area contributed by atoms with E-state index in [1.807, 2.05) is 18.2 Å². The zero-order valence-electron chi connectivity index (χ0n) is 10.1. The van der Waals surface area contributed by atoms with Gasteiger partial charge in [0.15, 0.2) is 0 Å². The molecule has 2 N–H and O–H groups in total. The second kappa shape index (κ2) is 7.19. The van der Waals surface area contributed by atoms with Gasteiger partial charge in [0.25, 0.3) is 0 Å². The Hall–Kier alpha value is -1.13. The molecule has 1 rings (SSSR count). The molecule has 0 aliphatic rings. The lowest BCUT2D eigenvalue weighted by Crippen LogP contribution is -2.36. The summed E-state index contributed by atoms with van der Waals surface area (Å²) >= 11 is 0. The van der Waals surface area contributed by atoms with Crippen molar-refractivity contribution in [2.75, 3.05) is 31.5 Å². The number of rotatable bonds is 7. The van der Waals surface area contributed by atoms with Crippen LogP contribution in [0.2, 0.25) is 0 Å². The molecule has 1 atom stereocenters. The number of anilines is 1. The molecular formula is C12H21N3O. The minimum absolute atomic E-state index is 0.359. The summed E-state index contributed by atoms with van der Waals surface area (Å²) in [5.41, 5.74) is 0. The number of pyridine rings is 1. The third-order valence-electron chi connectivity index (χ3n) is 2.55. The molecule has 0 fully saturated rings. The summed E-state index contributed by atoms with van der Waals surface area (Å²) in [6.45, 7) is 7.37. The van der Waals surface area contributed by atoms with Crippen LogP contribution in [0, 0.1) is 0 Å². The van der Waals surface area contributed by atoms with Crippen LogP contribution in [0.5, 0.6) is 0 Å². The summed E-state index contributed by atoms with van der Waals surface area (Å²) in [7, 11) is 0. The maximum absolute atomic E-state index is 9.81. The molecule has 1 aromatic heterocycles. The zero-order valence-corrected chi connectivity index (χ0v) is 10.1. The molecular weight excluding hydrogens is 202 g/mol. The van der Waals surface area contributed by atoms with E-state index in [1.54, 1.807) is 6.20 Å². The van der Waals surface area contributed by atoms with E-state index < -0.39 is 0 Å². The summed E-state index contributed by atoms with van der Waals surface area (Å²) < 4.78 is 0. The van der Waals surface area contributed by atoms with E-state index in [-0.39, 0.29) is 6.10 Å². The predicted molar refractivity (Wildman–Crippen MR) is 66.5 cm³/mol. The van der Waals surface area contributed by atoms with Crippen molar-refractivity contribution in [3.8, 4) is 0 Å². The number of aliphatic hydroxyl groups is 1. The highest BCUT2D eigenvalue weighted by molar-refractivity contribution is 5.33. The van der Waals surface area contributed by atoms with Crippen LogP contribution in [0.4, 0.5) is 5.82 Å². The van der Waals surface area contributed by atoms with Crippen LogP contribution in [0.1, 0.15) is 13.8 Å². The molecule has 16 heavy (non-hydrogen) atoms. The number of nitrogens with zero attached hydrogens (tertiary/aromatic N) is 2. The van der Waals surface area contributed by atoms with E-state index in [0.717, 1.165) is 18.9 Å². The van der Waals surface area contributed by atoms with Crippen molar-refractivity contribution in [2.45, 2.75) is 20.0 Å². The maximum Gasteiger partial charge on any atom is 0.125 e. The summed E-state index contributed by atoms with van der Waals surface area (Å²) in [5, 5.41) is 12.9. The summed E-state index contributed by atoms with van der Waals surface area (Å²) in [5.74, 6) is 0.807. The fraction of sp³-hybridized carbons (Fsp3) is 0.583. The van der Waals surface area contributed by atoms with Gasteiger partial charge in [-0.05, 0) is 25.2 Å². The van der Waals surface area contributed by atoms with Crippen molar-refractivity contribution >= 4 is 5.82 Å². The first-order valence-electron chi connectivity index (χ1n) is 5.81. The van der Waals surface area contributed by atoms with Crippen LogP contribution >= 0.6 is 0 Å². The van der Waals surface area contributed by atoms with Crippen LogP contribution < -0.4 is 5.32 Å². The Kier molecular flexibility index (Phi) is 5.82. The summed E-state index contributed by atoms with van der Waals surface area (Å²) in [6.07, 6.45) is 1.38. The minimum atomic E-state index is -0.359. The largest absolute Gasteiger partial charge is 0.390 e. The molecule has 1 aromatic rings. The Balaban J connectivity index is 2.27. The van der Waals surface area contributed by atoms with E-state index in [4.69, 9.17) is 0 Å². The van der Waals surface area contributed by atoms with Gasteiger partial charge in [-0.2, -0.15) is 0 Å². The molecule has 0 saturated heterocycles. The third-order valence-corrected chi connectivity index (χ3v) is 2.55. The Morgan fingerprint density at radius 2 is 2.12 bits per heavy atom. The molecule has 0 aromatic carbocycles. The highest BCUT2D eigenvalue weighted by Gasteiger charge is 2.08. The molecule has 0 amide bonds. The number of aliphatic hydroxyl groups excluding tert-OH is 1. The number of aromatic nitrogens is 1. The van der Waals surface area contributed by atoms with Crippen LogP contribution in [0.25, 0.3) is 0 Å². The first-order valence-corrected chi connectivity index (χ1v) is 5.81. The first kappa shape index (κ1) is 12.9. The average molecular weight is 223 g/mol. The average Bonchev–Trinajstić information content (AvgIpc) is 2.34. The highest BCUT2D eigenvalue weighted by atomic mass is 16.3. The van der Waals surface area contributed by atoms with Crippen LogP contribution in [-0.4, -0.2) is 47.3 Å². The molecule has 1 unspecified atom stereocenters. The van der Waals surface area contributed by atoms with Gasteiger partial charge in [-0.25, -0.2) is 4.98 Å². The van der Waals surface area contributed by atoms with Crippen molar-refractivity contribution in [1.82, 2.24) is 9.88 Å². The Bertz CT molecular complexity index is 275. The lowest BCUT2D eigenvalue weighted by atomic mass is 10.3. The smallest absolute Gasteiger partial charge is 0.125 e. The molecule has 0 spiro atoms. The normalized spacial score (nSPS) is 12.8. The molecule has 0 aliphatic heterocycles. The molecule has 1 heterocycles. The number of nitrogens with one attached hydrogen (secondary N) is 1. The Morgan fingerprint density at radius 1 is 1.38 bits per heavy atom. The molecule has 0 saturated carbocycles. The van der Waals surface area contributed by atoms with Crippen molar-refractivity contribution < 1.29 is 5.11 Å². The van der Waals surface area contributed by atoms with Crippen molar-refractivity contribution in [3.05, 3.63) is 24.4 Å². The van der Waals surface area contributed by atoms with Gasteiger partial charge in [0.1, 0.15) is 5.82 Å². The highest BCUT2D eigenvalue weighted by Crippen LogP contribution is 2.00. The van der Waals surface area contributed by atoms with Crippen molar-refractivity contribution in [2.24, 2.45) is 0 Å². The maximum atomic E-state index is 9.81. The summed E-state index contributed by atoms with van der Waals surface area (Å²) in [6, 6.07) is 5.69. The van der Waals surface area contributed by atoms with Crippen LogP contribution in [0.15, 0.2) is 24.4 Å². The minimum Gasteiger partial charge on any atom is -0.390 e. The van der Waals surface area contributed by atoms with Gasteiger partial charge in [0.2, 0.25) is 0 Å². The van der Waals surface area contributed by atoms with Gasteiger partial charge in [-0.3, -0.25) is 0 Å². The van der Waals surface area contributed by atoms with E-state index in [1.165, 1.54) is 0 Å². The lowest BCUT2D eigenvalue weighted by molar-refractivity contribution is 0.128. The summed E-state index contributed by atoms with van der Waals surface area (Å²) in [4.78, 5) is 6.33. The lowest BCUT2D eigenvalue weighted by Gasteiger charge is -2.22. The molecule has 90 valence electrons. The quantitative estimate of drug-likeness (QED) is 0.729. The fourth-order valence-electron chi connectivity index (χ4n) is 1.53. The molecule has 0 radical (unpaired) electrons. The van der Waals surface area contributed by atoms with Crippen molar-refractivity contribution in [3.63, 3.8) is 0 Å². The van der Waals surface area contributed by atoms with E-state index in [9.17, 15) is 5.11 Å².